The fraction of sp³-hybridized carbons (Fsp3) is 0.706. The van der Waals surface area contributed by atoms with E-state index in [-0.39, 0.29) is 0 Å². The molecule has 1 unspecified atom stereocenters. The Morgan fingerprint density at radius 3 is 2.58 bits per heavy atom. The summed E-state index contributed by atoms with van der Waals surface area (Å²) in [4.78, 5) is 11.8. The molecule has 2 fully saturated rings. The monoisotopic (exact) mass is 352 g/mol. The standard InChI is InChI=1S/C17H28N4O2S/c1-19-9-4-3-6-15(19)14-20-10-12-21(13-11-20)17-16(24(2,22)23)7-5-8-18-17/h5,7-8,15H,3-4,6,9-14H2,1-2H3. The molecule has 0 amide bonds. The number of hydrogen-bond acceptors (Lipinski definition) is 6. The average Bonchev–Trinajstić information content (AvgIpc) is 2.57. The first-order chi connectivity index (χ1) is 11.4. The first-order valence-electron chi connectivity index (χ1n) is 8.78. The highest BCUT2D eigenvalue weighted by Crippen LogP contribution is 2.24. The van der Waals surface area contributed by atoms with Crippen LogP contribution in [0.1, 0.15) is 19.3 Å². The molecule has 3 rings (SSSR count). The molecule has 0 N–H and O–H groups in total. The Hall–Kier alpha value is -1.18. The van der Waals surface area contributed by atoms with E-state index in [0.29, 0.717) is 16.8 Å². The third kappa shape index (κ3) is 4.07. The van der Waals surface area contributed by atoms with Crippen LogP contribution in [0.15, 0.2) is 23.2 Å². The van der Waals surface area contributed by atoms with Crippen LogP contribution in [0.2, 0.25) is 0 Å². The maximum Gasteiger partial charge on any atom is 0.179 e. The number of pyridine rings is 1. The number of likely N-dealkylation sites (N-methyl/N-ethyl adjacent to an activating group) is 1. The molecule has 3 heterocycles. The van der Waals surface area contributed by atoms with E-state index in [1.807, 2.05) is 0 Å². The normalized spacial score (nSPS) is 24.2. The SMILES string of the molecule is CN1CCCCC1CN1CCN(c2ncccc2S(C)(=O)=O)CC1. The van der Waals surface area contributed by atoms with Crippen molar-refractivity contribution in [3.8, 4) is 0 Å². The number of piperidine rings is 1. The van der Waals surface area contributed by atoms with Gasteiger partial charge in [-0.2, -0.15) is 0 Å². The van der Waals surface area contributed by atoms with E-state index in [0.717, 1.165) is 32.7 Å². The minimum Gasteiger partial charge on any atom is -0.353 e. The zero-order chi connectivity index (χ0) is 17.2. The van der Waals surface area contributed by atoms with Crippen molar-refractivity contribution in [1.82, 2.24) is 14.8 Å². The van der Waals surface area contributed by atoms with Crippen LogP contribution in [0.25, 0.3) is 0 Å². The minimum absolute atomic E-state index is 0.338. The smallest absolute Gasteiger partial charge is 0.179 e. The van der Waals surface area contributed by atoms with E-state index < -0.39 is 9.84 Å². The molecule has 7 heteroatoms. The first-order valence-corrected chi connectivity index (χ1v) is 10.7. The summed E-state index contributed by atoms with van der Waals surface area (Å²) in [6, 6.07) is 4.00. The quantitative estimate of drug-likeness (QED) is 0.809. The second kappa shape index (κ2) is 7.37. The summed E-state index contributed by atoms with van der Waals surface area (Å²) in [6.45, 7) is 5.90. The molecule has 0 aliphatic carbocycles. The molecule has 2 saturated heterocycles. The van der Waals surface area contributed by atoms with Gasteiger partial charge in [0.1, 0.15) is 10.7 Å². The van der Waals surface area contributed by atoms with Gasteiger partial charge < -0.3 is 9.80 Å². The Balaban J connectivity index is 1.62. The van der Waals surface area contributed by atoms with Gasteiger partial charge in [-0.15, -0.1) is 0 Å². The molecule has 1 aromatic heterocycles. The largest absolute Gasteiger partial charge is 0.353 e. The van der Waals surface area contributed by atoms with Crippen molar-refractivity contribution in [1.29, 1.82) is 0 Å². The summed E-state index contributed by atoms with van der Waals surface area (Å²) in [6.07, 6.45) is 6.86. The van der Waals surface area contributed by atoms with E-state index in [4.69, 9.17) is 0 Å². The van der Waals surface area contributed by atoms with Gasteiger partial charge in [0.25, 0.3) is 0 Å². The highest BCUT2D eigenvalue weighted by atomic mass is 32.2. The molecule has 1 atom stereocenters. The summed E-state index contributed by atoms with van der Waals surface area (Å²) in [5, 5.41) is 0. The van der Waals surface area contributed by atoms with Crippen molar-refractivity contribution >= 4 is 15.7 Å². The number of anilines is 1. The summed E-state index contributed by atoms with van der Waals surface area (Å²) >= 11 is 0. The van der Waals surface area contributed by atoms with Gasteiger partial charge in [0.15, 0.2) is 9.84 Å². The number of rotatable bonds is 4. The Kier molecular flexibility index (Phi) is 5.42. The Bertz CT molecular complexity index is 656. The van der Waals surface area contributed by atoms with Crippen molar-refractivity contribution in [2.45, 2.75) is 30.2 Å². The molecule has 1 aromatic rings. The molecule has 2 aliphatic rings. The lowest BCUT2D eigenvalue weighted by atomic mass is 10.0. The van der Waals surface area contributed by atoms with E-state index in [2.05, 4.69) is 26.7 Å². The van der Waals surface area contributed by atoms with Crippen molar-refractivity contribution < 1.29 is 8.42 Å². The number of sulfone groups is 1. The lowest BCUT2D eigenvalue weighted by Gasteiger charge is -2.40. The van der Waals surface area contributed by atoms with Crippen molar-refractivity contribution in [2.75, 3.05) is 57.5 Å². The third-order valence-electron chi connectivity index (χ3n) is 5.21. The number of piperazine rings is 1. The zero-order valence-corrected chi connectivity index (χ0v) is 15.5. The predicted octanol–water partition coefficient (Wildman–Crippen LogP) is 1.09. The second-order valence-corrected chi connectivity index (χ2v) is 9.00. The van der Waals surface area contributed by atoms with Crippen LogP contribution in [0, 0.1) is 0 Å². The number of likely N-dealkylation sites (tertiary alicyclic amines) is 1. The molecular formula is C17H28N4O2S. The molecule has 0 spiro atoms. The highest BCUT2D eigenvalue weighted by molar-refractivity contribution is 7.90. The van der Waals surface area contributed by atoms with E-state index in [1.165, 1.54) is 32.1 Å². The van der Waals surface area contributed by atoms with Gasteiger partial charge >= 0.3 is 0 Å². The average molecular weight is 353 g/mol. The van der Waals surface area contributed by atoms with Crippen LogP contribution < -0.4 is 4.90 Å². The molecule has 0 saturated carbocycles. The lowest BCUT2D eigenvalue weighted by molar-refractivity contribution is 0.124. The Labute approximate surface area is 145 Å². The zero-order valence-electron chi connectivity index (χ0n) is 14.7. The summed E-state index contributed by atoms with van der Waals surface area (Å²) in [5.41, 5.74) is 0. The van der Waals surface area contributed by atoms with Gasteiger partial charge in [0, 0.05) is 51.2 Å². The van der Waals surface area contributed by atoms with Gasteiger partial charge in [0.2, 0.25) is 0 Å². The van der Waals surface area contributed by atoms with Gasteiger partial charge in [-0.25, -0.2) is 13.4 Å². The third-order valence-corrected chi connectivity index (χ3v) is 6.33. The Morgan fingerprint density at radius 1 is 1.17 bits per heavy atom. The van der Waals surface area contributed by atoms with Crippen molar-refractivity contribution in [3.63, 3.8) is 0 Å². The van der Waals surface area contributed by atoms with Crippen LogP contribution in [0.4, 0.5) is 5.82 Å². The van der Waals surface area contributed by atoms with E-state index in [1.54, 1.807) is 18.3 Å². The van der Waals surface area contributed by atoms with Crippen molar-refractivity contribution in [2.24, 2.45) is 0 Å². The molecule has 0 radical (unpaired) electrons. The van der Waals surface area contributed by atoms with Crippen molar-refractivity contribution in [3.05, 3.63) is 18.3 Å². The van der Waals surface area contributed by atoms with Gasteiger partial charge in [-0.1, -0.05) is 6.42 Å². The molecular weight excluding hydrogens is 324 g/mol. The summed E-state index contributed by atoms with van der Waals surface area (Å²) in [7, 11) is -1.02. The second-order valence-electron chi connectivity index (χ2n) is 7.02. The number of aromatic nitrogens is 1. The van der Waals surface area contributed by atoms with Gasteiger partial charge in [-0.05, 0) is 38.6 Å². The Morgan fingerprint density at radius 2 is 1.92 bits per heavy atom. The van der Waals surface area contributed by atoms with E-state index >= 15 is 0 Å². The molecule has 6 nitrogen and oxygen atoms in total. The predicted molar refractivity (Wildman–Crippen MR) is 96.3 cm³/mol. The first kappa shape index (κ1) is 17.6. The minimum atomic E-state index is -3.25. The lowest BCUT2D eigenvalue weighted by Crippen LogP contribution is -2.52. The van der Waals surface area contributed by atoms with Crippen LogP contribution >= 0.6 is 0 Å². The van der Waals surface area contributed by atoms with Gasteiger partial charge in [-0.3, -0.25) is 4.90 Å². The van der Waals surface area contributed by atoms with Crippen LogP contribution in [0.3, 0.4) is 0 Å². The fourth-order valence-corrected chi connectivity index (χ4v) is 4.56. The summed E-state index contributed by atoms with van der Waals surface area (Å²) < 4.78 is 24.0. The molecule has 2 aliphatic heterocycles. The fourth-order valence-electron chi connectivity index (χ4n) is 3.72. The summed E-state index contributed by atoms with van der Waals surface area (Å²) in [5.74, 6) is 0.606. The molecule has 134 valence electrons. The highest BCUT2D eigenvalue weighted by Gasteiger charge is 2.26. The topological polar surface area (TPSA) is 56.8 Å². The van der Waals surface area contributed by atoms with E-state index in [9.17, 15) is 8.42 Å². The molecule has 0 aromatic carbocycles. The van der Waals surface area contributed by atoms with Crippen LogP contribution in [-0.4, -0.2) is 81.8 Å². The number of nitrogens with zero attached hydrogens (tertiary/aromatic N) is 4. The maximum atomic E-state index is 12.0. The molecule has 0 bridgehead atoms. The van der Waals surface area contributed by atoms with Crippen LogP contribution in [-0.2, 0) is 9.84 Å². The van der Waals surface area contributed by atoms with Crippen LogP contribution in [0.5, 0.6) is 0 Å². The number of hydrogen-bond donors (Lipinski definition) is 0. The maximum absolute atomic E-state index is 12.0. The van der Waals surface area contributed by atoms with Gasteiger partial charge in [0.05, 0.1) is 0 Å². The molecule has 24 heavy (non-hydrogen) atoms.